The van der Waals surface area contributed by atoms with E-state index in [9.17, 15) is 8.76 Å². The van der Waals surface area contributed by atoms with Crippen LogP contribution >= 0.6 is 12.2 Å². The fourth-order valence-corrected chi connectivity index (χ4v) is 5.40. The number of benzene rings is 1. The Bertz CT molecular complexity index is 666. The summed E-state index contributed by atoms with van der Waals surface area (Å²) in [7, 11) is -2.72. The highest BCUT2D eigenvalue weighted by Gasteiger charge is 2.53. The van der Waals surface area contributed by atoms with Gasteiger partial charge >= 0.3 is 0 Å². The molecule has 0 amide bonds. The van der Waals surface area contributed by atoms with Crippen LogP contribution in [0.4, 0.5) is 0 Å². The molecule has 0 aliphatic carbocycles. The second kappa shape index (κ2) is 4.56. The van der Waals surface area contributed by atoms with Crippen LogP contribution in [0.3, 0.4) is 0 Å². The molecule has 0 saturated carbocycles. The van der Waals surface area contributed by atoms with E-state index in [2.05, 4.69) is 5.32 Å². The van der Waals surface area contributed by atoms with Gasteiger partial charge in [0.15, 0.2) is 28.1 Å². The minimum Gasteiger partial charge on any atom is -0.454 e. The standard InChI is InChI=1S/C13H14N2O4S2/c16-21(17)5-9-10(6-21)15(13(20)14-9)4-8-1-2-11-12(3-8)19-7-18-11/h1-3,9-10H,4-7H2,(H-,14,16,17,20)/p+1/t9-,10+/m1/s1. The number of nitrogens with zero attached hydrogens (tertiary/aromatic N) is 1. The van der Waals surface area contributed by atoms with Gasteiger partial charge in [-0.1, -0.05) is 10.3 Å². The Balaban J connectivity index is 1.56. The fraction of sp³-hybridized carbons (Fsp3) is 0.462. The molecule has 3 heterocycles. The minimum atomic E-state index is -2.72. The van der Waals surface area contributed by atoms with Crippen LogP contribution in [0.15, 0.2) is 18.2 Å². The van der Waals surface area contributed by atoms with E-state index in [-0.39, 0.29) is 30.4 Å². The van der Waals surface area contributed by atoms with Gasteiger partial charge in [-0.2, -0.15) is 4.55 Å². The maximum absolute atomic E-state index is 11.9. The molecule has 2 N–H and O–H groups in total. The fourth-order valence-electron chi connectivity index (χ4n) is 3.10. The number of rotatable bonds is 2. The van der Waals surface area contributed by atoms with Gasteiger partial charge in [-0.05, 0) is 29.9 Å². The molecule has 2 saturated heterocycles. The van der Waals surface area contributed by atoms with Crippen molar-refractivity contribution >= 4 is 27.5 Å². The molecule has 8 heteroatoms. The average molecular weight is 327 g/mol. The maximum atomic E-state index is 11.9. The maximum Gasteiger partial charge on any atom is 0.231 e. The average Bonchev–Trinajstić information content (AvgIpc) is 3.05. The largest absolute Gasteiger partial charge is 0.454 e. The molecule has 1 aromatic carbocycles. The third kappa shape index (κ3) is 2.27. The first kappa shape index (κ1) is 13.3. The van der Waals surface area contributed by atoms with Gasteiger partial charge in [0.1, 0.15) is 12.1 Å². The highest BCUT2D eigenvalue weighted by atomic mass is 32.3. The molecule has 1 unspecified atom stereocenters. The van der Waals surface area contributed by atoms with E-state index in [1.807, 2.05) is 23.1 Å². The monoisotopic (exact) mass is 327 g/mol. The van der Waals surface area contributed by atoms with Crippen LogP contribution in [0.1, 0.15) is 5.56 Å². The predicted molar refractivity (Wildman–Crippen MR) is 81.8 cm³/mol. The molecule has 21 heavy (non-hydrogen) atoms. The van der Waals surface area contributed by atoms with Crippen LogP contribution in [0.25, 0.3) is 0 Å². The number of ether oxygens (including phenoxy) is 2. The lowest BCUT2D eigenvalue weighted by molar-refractivity contribution is 0.174. The van der Waals surface area contributed by atoms with Gasteiger partial charge in [-0.3, -0.25) is 0 Å². The van der Waals surface area contributed by atoms with Crippen LogP contribution in [-0.4, -0.2) is 44.9 Å². The van der Waals surface area contributed by atoms with E-state index in [4.69, 9.17) is 21.7 Å². The first-order chi connectivity index (χ1) is 10.0. The molecule has 3 aliphatic rings. The topological polar surface area (TPSA) is 71.0 Å². The summed E-state index contributed by atoms with van der Waals surface area (Å²) in [5.74, 6) is 2.03. The summed E-state index contributed by atoms with van der Waals surface area (Å²) in [5, 5.41) is 3.81. The summed E-state index contributed by atoms with van der Waals surface area (Å²) in [5.41, 5.74) is 1.04. The van der Waals surface area contributed by atoms with Crippen molar-refractivity contribution in [1.82, 2.24) is 10.2 Å². The molecule has 0 aromatic heterocycles. The summed E-state index contributed by atoms with van der Waals surface area (Å²) >= 11 is 5.35. The number of hydrogen-bond acceptors (Lipinski definition) is 4. The van der Waals surface area contributed by atoms with Gasteiger partial charge < -0.3 is 19.7 Å². The zero-order chi connectivity index (χ0) is 14.6. The van der Waals surface area contributed by atoms with Crippen molar-refractivity contribution in [1.29, 1.82) is 0 Å². The van der Waals surface area contributed by atoms with Gasteiger partial charge in [0.2, 0.25) is 17.0 Å². The Kier molecular flexibility index (Phi) is 2.88. The molecule has 0 spiro atoms. The van der Waals surface area contributed by atoms with Gasteiger partial charge in [0.25, 0.3) is 0 Å². The number of nitrogens with one attached hydrogen (secondary N) is 1. The Labute approximate surface area is 128 Å². The lowest BCUT2D eigenvalue weighted by Crippen LogP contribution is -2.36. The summed E-state index contributed by atoms with van der Waals surface area (Å²) < 4.78 is 32.3. The molecular formula is C13H15N2O4S2+. The molecule has 112 valence electrons. The number of hydrogen-bond donors (Lipinski definition) is 2. The molecular weight excluding hydrogens is 312 g/mol. The normalized spacial score (nSPS) is 33.2. The summed E-state index contributed by atoms with van der Waals surface area (Å²) in [6, 6.07) is 5.74. The van der Waals surface area contributed by atoms with Crippen molar-refractivity contribution in [3.8, 4) is 11.5 Å². The molecule has 3 aliphatic heterocycles. The zero-order valence-electron chi connectivity index (χ0n) is 11.2. The van der Waals surface area contributed by atoms with E-state index < -0.39 is 10.2 Å². The van der Waals surface area contributed by atoms with Gasteiger partial charge in [0, 0.05) is 6.54 Å². The minimum absolute atomic E-state index is 0.0135. The van der Waals surface area contributed by atoms with Crippen LogP contribution < -0.4 is 14.8 Å². The van der Waals surface area contributed by atoms with Gasteiger partial charge in [0.05, 0.1) is 0 Å². The Morgan fingerprint density at radius 1 is 1.38 bits per heavy atom. The van der Waals surface area contributed by atoms with Crippen molar-refractivity contribution in [3.63, 3.8) is 0 Å². The third-order valence-corrected chi connectivity index (χ3v) is 6.19. The second-order valence-electron chi connectivity index (χ2n) is 5.54. The van der Waals surface area contributed by atoms with Crippen LogP contribution in [0.5, 0.6) is 11.5 Å². The highest BCUT2D eigenvalue weighted by Crippen LogP contribution is 2.34. The summed E-state index contributed by atoms with van der Waals surface area (Å²) in [4.78, 5) is 2.00. The van der Waals surface area contributed by atoms with E-state index >= 15 is 0 Å². The van der Waals surface area contributed by atoms with E-state index in [1.54, 1.807) is 0 Å². The molecule has 0 radical (unpaired) electrons. The summed E-state index contributed by atoms with van der Waals surface area (Å²) in [6.07, 6.45) is 0. The van der Waals surface area contributed by atoms with E-state index in [0.717, 1.165) is 17.1 Å². The third-order valence-electron chi connectivity index (χ3n) is 4.10. The smallest absolute Gasteiger partial charge is 0.231 e. The second-order valence-corrected chi connectivity index (χ2v) is 8.14. The van der Waals surface area contributed by atoms with Gasteiger partial charge in [-0.25, -0.2) is 0 Å². The highest BCUT2D eigenvalue weighted by molar-refractivity contribution is 7.98. The lowest BCUT2D eigenvalue weighted by atomic mass is 10.1. The van der Waals surface area contributed by atoms with Crippen LogP contribution in [0.2, 0.25) is 0 Å². The molecule has 3 atom stereocenters. The molecule has 4 rings (SSSR count). The van der Waals surface area contributed by atoms with Crippen molar-refractivity contribution in [2.45, 2.75) is 18.6 Å². The SMILES string of the molecule is O=[S+]1(O)C[C@H]2NC(=S)N(Cc3ccc4c(c3)OCO4)[C@H]2C1. The summed E-state index contributed by atoms with van der Waals surface area (Å²) in [6.45, 7) is 0.846. The van der Waals surface area contributed by atoms with Crippen LogP contribution in [-0.2, 0) is 21.0 Å². The van der Waals surface area contributed by atoms with Crippen molar-refractivity contribution < 1.29 is 18.2 Å². The quantitative estimate of drug-likeness (QED) is 0.616. The lowest BCUT2D eigenvalue weighted by Gasteiger charge is -2.22. The van der Waals surface area contributed by atoms with Gasteiger partial charge in [-0.15, -0.1) is 0 Å². The molecule has 6 nitrogen and oxygen atoms in total. The number of fused-ring (bicyclic) bond motifs is 2. The predicted octanol–water partition coefficient (Wildman–Crippen LogP) is 0.829. The molecule has 0 bridgehead atoms. The Hall–Kier alpha value is -1.38. The Morgan fingerprint density at radius 2 is 2.19 bits per heavy atom. The van der Waals surface area contributed by atoms with Crippen LogP contribution in [0, 0.1) is 0 Å². The Morgan fingerprint density at radius 3 is 3.05 bits per heavy atom. The zero-order valence-corrected chi connectivity index (χ0v) is 12.8. The number of thiocarbonyl (C=S) groups is 1. The van der Waals surface area contributed by atoms with Crippen molar-refractivity contribution in [2.75, 3.05) is 18.3 Å². The van der Waals surface area contributed by atoms with E-state index in [0.29, 0.717) is 11.7 Å². The molecule has 2 fully saturated rings. The van der Waals surface area contributed by atoms with Crippen molar-refractivity contribution in [2.24, 2.45) is 0 Å². The van der Waals surface area contributed by atoms with Crippen molar-refractivity contribution in [3.05, 3.63) is 23.8 Å². The first-order valence-electron chi connectivity index (χ1n) is 6.69. The first-order valence-corrected chi connectivity index (χ1v) is 8.96. The van der Waals surface area contributed by atoms with E-state index in [1.165, 1.54) is 0 Å². The molecule has 1 aromatic rings.